The first-order chi connectivity index (χ1) is 14.0. The quantitative estimate of drug-likeness (QED) is 0.365. The molecule has 0 heterocycles. The summed E-state index contributed by atoms with van der Waals surface area (Å²) >= 11 is 0. The normalized spacial score (nSPS) is 33.0. The maximum absolute atomic E-state index is 10.0. The Kier molecular flexibility index (Phi) is 9.43. The highest BCUT2D eigenvalue weighted by molar-refractivity contribution is 5.34. The van der Waals surface area contributed by atoms with Crippen molar-refractivity contribution in [1.29, 1.82) is 0 Å². The van der Waals surface area contributed by atoms with Crippen LogP contribution in [0.2, 0.25) is 0 Å². The van der Waals surface area contributed by atoms with Crippen molar-refractivity contribution in [3.05, 3.63) is 36.0 Å². The molecule has 0 aromatic rings. The summed E-state index contributed by atoms with van der Waals surface area (Å²) in [5.74, 6) is 2.36. The lowest BCUT2D eigenvalue weighted by atomic mass is 9.66. The summed E-state index contributed by atoms with van der Waals surface area (Å²) in [6.45, 7) is 15.5. The van der Waals surface area contributed by atoms with Crippen LogP contribution in [0.3, 0.4) is 0 Å². The number of hydrogen-bond acceptors (Lipinski definition) is 2. The van der Waals surface area contributed by atoms with Gasteiger partial charge in [-0.15, -0.1) is 0 Å². The molecule has 2 fully saturated rings. The molecule has 2 rings (SSSR count). The van der Waals surface area contributed by atoms with E-state index in [1.165, 1.54) is 43.3 Å². The highest BCUT2D eigenvalue weighted by atomic mass is 16.3. The maximum atomic E-state index is 10.0. The minimum Gasteiger partial charge on any atom is -0.393 e. The van der Waals surface area contributed by atoms with Crippen LogP contribution in [-0.4, -0.2) is 21.9 Å². The van der Waals surface area contributed by atoms with Gasteiger partial charge in [-0.3, -0.25) is 0 Å². The lowest BCUT2D eigenvalue weighted by molar-refractivity contribution is 0.0608. The van der Waals surface area contributed by atoms with Crippen LogP contribution in [0, 0.1) is 23.2 Å². The van der Waals surface area contributed by atoms with Gasteiger partial charge >= 0.3 is 0 Å². The van der Waals surface area contributed by atoms with Crippen LogP contribution >= 0.6 is 0 Å². The summed E-state index contributed by atoms with van der Waals surface area (Å²) in [4.78, 5) is 0. The van der Waals surface area contributed by atoms with Gasteiger partial charge in [0, 0.05) is 0 Å². The Morgan fingerprint density at radius 3 is 2.67 bits per heavy atom. The monoisotopic (exact) mass is 416 g/mol. The second-order valence-corrected chi connectivity index (χ2v) is 11.3. The van der Waals surface area contributed by atoms with E-state index in [2.05, 4.69) is 45.6 Å². The molecule has 0 amide bonds. The third-order valence-electron chi connectivity index (χ3n) is 8.23. The molecule has 2 aliphatic rings. The van der Waals surface area contributed by atoms with Crippen LogP contribution in [0.5, 0.6) is 0 Å². The van der Waals surface area contributed by atoms with Crippen molar-refractivity contribution in [3.8, 4) is 0 Å². The first-order valence-electron chi connectivity index (χ1n) is 12.5. The van der Waals surface area contributed by atoms with E-state index >= 15 is 0 Å². The molecule has 0 saturated heterocycles. The molecule has 0 aromatic carbocycles. The van der Waals surface area contributed by atoms with Gasteiger partial charge in [-0.1, -0.05) is 64.0 Å². The Labute approximate surface area is 186 Å². The van der Waals surface area contributed by atoms with Gasteiger partial charge in [-0.05, 0) is 100 Å². The molecule has 0 aliphatic heterocycles. The van der Waals surface area contributed by atoms with Crippen LogP contribution < -0.4 is 0 Å². The first kappa shape index (κ1) is 25.4. The third-order valence-corrected chi connectivity index (χ3v) is 8.23. The van der Waals surface area contributed by atoms with Crippen LogP contribution in [0.1, 0.15) is 105 Å². The van der Waals surface area contributed by atoms with Gasteiger partial charge in [-0.2, -0.15) is 0 Å². The van der Waals surface area contributed by atoms with E-state index in [1.807, 2.05) is 13.8 Å². The minimum atomic E-state index is -0.532. The number of aliphatic hydroxyl groups is 2. The Bertz CT molecular complexity index is 609. The average molecular weight is 417 g/mol. The molecule has 2 saturated carbocycles. The zero-order chi connectivity index (χ0) is 22.4. The highest BCUT2D eigenvalue weighted by Gasteiger charge is 2.45. The molecule has 5 atom stereocenters. The topological polar surface area (TPSA) is 40.5 Å². The van der Waals surface area contributed by atoms with Crippen molar-refractivity contribution in [1.82, 2.24) is 0 Å². The van der Waals surface area contributed by atoms with Gasteiger partial charge in [0.05, 0.1) is 11.7 Å². The number of aliphatic hydroxyl groups excluding tert-OH is 1. The highest BCUT2D eigenvalue weighted by Crippen LogP contribution is 2.54. The van der Waals surface area contributed by atoms with Crippen LogP contribution in [0.4, 0.5) is 0 Å². The fourth-order valence-electron chi connectivity index (χ4n) is 5.95. The lowest BCUT2D eigenvalue weighted by Crippen LogP contribution is -2.31. The van der Waals surface area contributed by atoms with Crippen molar-refractivity contribution in [2.24, 2.45) is 23.2 Å². The largest absolute Gasteiger partial charge is 0.393 e. The van der Waals surface area contributed by atoms with Gasteiger partial charge in [-0.25, -0.2) is 0 Å². The van der Waals surface area contributed by atoms with Gasteiger partial charge in [0.1, 0.15) is 0 Å². The maximum Gasteiger partial charge on any atom is 0.0591 e. The molecule has 2 heteroatoms. The number of rotatable bonds is 10. The van der Waals surface area contributed by atoms with E-state index in [0.717, 1.165) is 56.3 Å². The molecule has 0 aromatic heterocycles. The van der Waals surface area contributed by atoms with Crippen molar-refractivity contribution >= 4 is 0 Å². The van der Waals surface area contributed by atoms with Crippen molar-refractivity contribution in [3.63, 3.8) is 0 Å². The smallest absolute Gasteiger partial charge is 0.0591 e. The van der Waals surface area contributed by atoms with E-state index in [0.29, 0.717) is 5.41 Å². The number of hydrogen-bond donors (Lipinski definition) is 2. The van der Waals surface area contributed by atoms with E-state index < -0.39 is 5.60 Å². The SMILES string of the molecule is C=C1CC[C@H](O)C/C1=C/C=C\CCC[C@@]1(C)C(C)CCC1[C@H](C)CCCC(C)(C)O. The molecular weight excluding hydrogens is 368 g/mol. The van der Waals surface area contributed by atoms with E-state index in [-0.39, 0.29) is 6.10 Å². The molecule has 172 valence electrons. The third kappa shape index (κ3) is 7.38. The van der Waals surface area contributed by atoms with Gasteiger partial charge in [0.25, 0.3) is 0 Å². The molecular formula is C28H48O2. The van der Waals surface area contributed by atoms with Gasteiger partial charge in [0.15, 0.2) is 0 Å². The Balaban J connectivity index is 1.82. The summed E-state index contributed by atoms with van der Waals surface area (Å²) < 4.78 is 0. The van der Waals surface area contributed by atoms with Crippen molar-refractivity contribution in [2.75, 3.05) is 0 Å². The summed E-state index contributed by atoms with van der Waals surface area (Å²) in [7, 11) is 0. The summed E-state index contributed by atoms with van der Waals surface area (Å²) in [6, 6.07) is 0. The van der Waals surface area contributed by atoms with E-state index in [9.17, 15) is 10.2 Å². The van der Waals surface area contributed by atoms with Crippen LogP contribution in [0.15, 0.2) is 36.0 Å². The van der Waals surface area contributed by atoms with E-state index in [1.54, 1.807) is 0 Å². The predicted octanol–water partition coefficient (Wildman–Crippen LogP) is 7.37. The van der Waals surface area contributed by atoms with Gasteiger partial charge < -0.3 is 10.2 Å². The van der Waals surface area contributed by atoms with E-state index in [4.69, 9.17) is 0 Å². The fraction of sp³-hybridized carbons (Fsp3) is 0.786. The summed E-state index contributed by atoms with van der Waals surface area (Å²) in [6.07, 6.45) is 18.7. The molecule has 2 aliphatic carbocycles. The zero-order valence-electron chi connectivity index (χ0n) is 20.4. The molecule has 0 spiro atoms. The minimum absolute atomic E-state index is 0.193. The molecule has 2 N–H and O–H groups in total. The lowest BCUT2D eigenvalue weighted by Gasteiger charge is -2.39. The Hall–Kier alpha value is -0.860. The van der Waals surface area contributed by atoms with Crippen LogP contribution in [0.25, 0.3) is 0 Å². The summed E-state index contributed by atoms with van der Waals surface area (Å²) in [5, 5.41) is 19.9. The first-order valence-corrected chi connectivity index (χ1v) is 12.5. The second kappa shape index (κ2) is 11.1. The Morgan fingerprint density at radius 2 is 1.97 bits per heavy atom. The number of allylic oxidation sites excluding steroid dienone is 4. The standard InChI is InChI=1S/C28H48O2/c1-21-14-16-25(29)20-24(21)13-9-7-8-10-19-28(6)23(3)15-17-26(28)22(2)12-11-18-27(4,5)30/h7,9,13,22-23,25-26,29-30H,1,8,10-12,14-20H2,2-6H3/b9-7-,24-13-/t22-,23?,25+,26?,28+/m1/s1. The summed E-state index contributed by atoms with van der Waals surface area (Å²) in [5.41, 5.74) is 2.33. The fourth-order valence-corrected chi connectivity index (χ4v) is 5.95. The molecule has 2 nitrogen and oxygen atoms in total. The average Bonchev–Trinajstić information content (AvgIpc) is 2.94. The zero-order valence-corrected chi connectivity index (χ0v) is 20.4. The molecule has 0 radical (unpaired) electrons. The van der Waals surface area contributed by atoms with Crippen LogP contribution in [-0.2, 0) is 0 Å². The molecule has 30 heavy (non-hydrogen) atoms. The second-order valence-electron chi connectivity index (χ2n) is 11.3. The predicted molar refractivity (Wildman–Crippen MR) is 129 cm³/mol. The van der Waals surface area contributed by atoms with Crippen molar-refractivity contribution < 1.29 is 10.2 Å². The number of unbranched alkanes of at least 4 members (excludes halogenated alkanes) is 1. The molecule has 0 bridgehead atoms. The Morgan fingerprint density at radius 1 is 1.23 bits per heavy atom. The molecule has 2 unspecified atom stereocenters. The van der Waals surface area contributed by atoms with Gasteiger partial charge in [0.2, 0.25) is 0 Å². The van der Waals surface area contributed by atoms with Crippen molar-refractivity contribution in [2.45, 2.75) is 117 Å².